The summed E-state index contributed by atoms with van der Waals surface area (Å²) in [5.74, 6) is -2.03. The fourth-order valence-corrected chi connectivity index (χ4v) is 4.14. The van der Waals surface area contributed by atoms with Crippen molar-refractivity contribution < 1.29 is 29.4 Å². The van der Waals surface area contributed by atoms with Crippen molar-refractivity contribution in [1.29, 1.82) is 0 Å². The number of carboxylic acids is 2. The molecule has 0 saturated heterocycles. The SMILES string of the molecule is O=C(O)CCCCCNc1cccc2c1C(=O)c1c(NCCCCCC(=O)O)cccc1C2=O. The zero-order valence-corrected chi connectivity index (χ0v) is 19.1. The number of carboxylic acid groups (broad SMARTS) is 2. The molecule has 1 aliphatic carbocycles. The zero-order valence-electron chi connectivity index (χ0n) is 19.1. The molecule has 0 fully saturated rings. The maximum Gasteiger partial charge on any atom is 0.303 e. The van der Waals surface area contributed by atoms with Crippen molar-refractivity contribution in [3.8, 4) is 0 Å². The van der Waals surface area contributed by atoms with E-state index in [0.29, 0.717) is 59.6 Å². The summed E-state index contributed by atoms with van der Waals surface area (Å²) in [7, 11) is 0. The molecule has 0 bridgehead atoms. The molecule has 4 N–H and O–H groups in total. The number of unbranched alkanes of at least 4 members (excludes halogenated alkanes) is 4. The number of anilines is 2. The van der Waals surface area contributed by atoms with Crippen LogP contribution in [-0.2, 0) is 9.59 Å². The molecule has 0 radical (unpaired) electrons. The van der Waals surface area contributed by atoms with Gasteiger partial charge in [0.15, 0.2) is 11.6 Å². The highest BCUT2D eigenvalue weighted by atomic mass is 16.4. The van der Waals surface area contributed by atoms with E-state index in [0.717, 1.165) is 25.7 Å². The van der Waals surface area contributed by atoms with E-state index in [4.69, 9.17) is 10.2 Å². The van der Waals surface area contributed by atoms with Crippen molar-refractivity contribution in [3.63, 3.8) is 0 Å². The molecule has 0 unspecified atom stereocenters. The number of hydrogen-bond acceptors (Lipinski definition) is 6. The van der Waals surface area contributed by atoms with E-state index in [1.54, 1.807) is 36.4 Å². The summed E-state index contributed by atoms with van der Waals surface area (Å²) in [5.41, 5.74) is 2.67. The van der Waals surface area contributed by atoms with Gasteiger partial charge in [0.25, 0.3) is 0 Å². The minimum absolute atomic E-state index is 0.139. The minimum atomic E-state index is -0.808. The monoisotopic (exact) mass is 466 g/mol. The van der Waals surface area contributed by atoms with Gasteiger partial charge < -0.3 is 20.8 Å². The van der Waals surface area contributed by atoms with E-state index in [-0.39, 0.29) is 24.4 Å². The lowest BCUT2D eigenvalue weighted by atomic mass is 9.82. The summed E-state index contributed by atoms with van der Waals surface area (Å²) in [6, 6.07) is 10.4. The van der Waals surface area contributed by atoms with Crippen LogP contribution >= 0.6 is 0 Å². The molecule has 0 aromatic heterocycles. The Bertz CT molecular complexity index is 997. The maximum absolute atomic E-state index is 13.6. The minimum Gasteiger partial charge on any atom is -0.481 e. The van der Waals surface area contributed by atoms with E-state index >= 15 is 0 Å². The van der Waals surface area contributed by atoms with Crippen LogP contribution in [0, 0.1) is 0 Å². The second-order valence-electron chi connectivity index (χ2n) is 8.38. The highest BCUT2D eigenvalue weighted by Gasteiger charge is 2.33. The Morgan fingerprint density at radius 3 is 1.47 bits per heavy atom. The van der Waals surface area contributed by atoms with Gasteiger partial charge in [0.2, 0.25) is 0 Å². The van der Waals surface area contributed by atoms with Gasteiger partial charge in [-0.1, -0.05) is 37.1 Å². The van der Waals surface area contributed by atoms with E-state index < -0.39 is 11.9 Å². The first-order valence-corrected chi connectivity index (χ1v) is 11.7. The van der Waals surface area contributed by atoms with Crippen LogP contribution in [0.3, 0.4) is 0 Å². The van der Waals surface area contributed by atoms with Crippen molar-refractivity contribution in [2.75, 3.05) is 23.7 Å². The molecule has 1 aliphatic rings. The average molecular weight is 467 g/mol. The predicted molar refractivity (Wildman–Crippen MR) is 129 cm³/mol. The topological polar surface area (TPSA) is 133 Å². The van der Waals surface area contributed by atoms with Crippen molar-refractivity contribution in [3.05, 3.63) is 58.7 Å². The molecule has 0 aliphatic heterocycles. The number of hydrogen-bond donors (Lipinski definition) is 4. The second-order valence-corrected chi connectivity index (χ2v) is 8.38. The van der Waals surface area contributed by atoms with Gasteiger partial charge >= 0.3 is 11.9 Å². The fourth-order valence-electron chi connectivity index (χ4n) is 4.14. The Morgan fingerprint density at radius 2 is 1.06 bits per heavy atom. The first-order valence-electron chi connectivity index (χ1n) is 11.7. The van der Waals surface area contributed by atoms with Crippen LogP contribution in [0.15, 0.2) is 36.4 Å². The third kappa shape index (κ3) is 6.21. The number of aliphatic carboxylic acids is 2. The summed E-state index contributed by atoms with van der Waals surface area (Å²) in [6.45, 7) is 1.14. The highest BCUT2D eigenvalue weighted by Crippen LogP contribution is 2.35. The van der Waals surface area contributed by atoms with Gasteiger partial charge in [0.05, 0.1) is 11.1 Å². The molecule has 34 heavy (non-hydrogen) atoms. The highest BCUT2D eigenvalue weighted by molar-refractivity contribution is 6.31. The van der Waals surface area contributed by atoms with Gasteiger partial charge in [0.1, 0.15) is 0 Å². The van der Waals surface area contributed by atoms with Crippen LogP contribution in [0.5, 0.6) is 0 Å². The third-order valence-corrected chi connectivity index (χ3v) is 5.84. The lowest BCUT2D eigenvalue weighted by molar-refractivity contribution is -0.138. The Hall–Kier alpha value is -3.68. The number of benzene rings is 2. The standard InChI is InChI=1S/C26H30N2O6/c29-21(30)13-3-1-5-15-27-19-11-7-9-17-23(19)26(34)24-18(25(17)33)10-8-12-20(24)28-16-6-2-4-14-22(31)32/h7-12,27-28H,1-6,13-16H2,(H,29,30)(H,31,32). The van der Waals surface area contributed by atoms with Gasteiger partial charge in [-0.05, 0) is 37.8 Å². The lowest BCUT2D eigenvalue weighted by Crippen LogP contribution is -2.24. The summed E-state index contributed by atoms with van der Waals surface area (Å²) < 4.78 is 0. The van der Waals surface area contributed by atoms with Gasteiger partial charge in [-0.3, -0.25) is 19.2 Å². The van der Waals surface area contributed by atoms with E-state index in [1.165, 1.54) is 0 Å². The largest absolute Gasteiger partial charge is 0.481 e. The molecular weight excluding hydrogens is 436 g/mol. The number of carbonyl (C=O) groups excluding carboxylic acids is 2. The van der Waals surface area contributed by atoms with Gasteiger partial charge in [-0.2, -0.15) is 0 Å². The van der Waals surface area contributed by atoms with E-state index in [2.05, 4.69) is 10.6 Å². The molecule has 0 saturated carbocycles. The summed E-state index contributed by atoms with van der Waals surface area (Å²) in [6.07, 6.45) is 4.49. The summed E-state index contributed by atoms with van der Waals surface area (Å²) in [5, 5.41) is 24.0. The van der Waals surface area contributed by atoms with Crippen LogP contribution in [0.1, 0.15) is 83.2 Å². The Morgan fingerprint density at radius 1 is 0.618 bits per heavy atom. The van der Waals surface area contributed by atoms with Gasteiger partial charge in [-0.15, -0.1) is 0 Å². The summed E-state index contributed by atoms with van der Waals surface area (Å²) in [4.78, 5) is 48.0. The number of ketones is 2. The van der Waals surface area contributed by atoms with E-state index in [1.807, 2.05) is 0 Å². The molecule has 180 valence electrons. The van der Waals surface area contributed by atoms with Crippen molar-refractivity contribution >= 4 is 34.9 Å². The molecule has 0 amide bonds. The van der Waals surface area contributed by atoms with Crippen LogP contribution in [-0.4, -0.2) is 46.8 Å². The summed E-state index contributed by atoms with van der Waals surface area (Å²) >= 11 is 0. The first-order chi connectivity index (χ1) is 16.4. The molecule has 8 heteroatoms. The number of carbonyl (C=O) groups is 4. The Labute approximate surface area is 198 Å². The van der Waals surface area contributed by atoms with Gasteiger partial charge in [-0.25, -0.2) is 0 Å². The molecule has 0 atom stereocenters. The predicted octanol–water partition coefficient (Wildman–Crippen LogP) is 4.58. The van der Waals surface area contributed by atoms with Crippen LogP contribution < -0.4 is 10.6 Å². The molecular formula is C26H30N2O6. The number of rotatable bonds is 14. The molecule has 8 nitrogen and oxygen atoms in total. The lowest BCUT2D eigenvalue weighted by Gasteiger charge is -2.23. The molecule has 0 heterocycles. The maximum atomic E-state index is 13.6. The van der Waals surface area contributed by atoms with Gasteiger partial charge in [0, 0.05) is 48.4 Å². The normalized spacial score (nSPS) is 12.1. The van der Waals surface area contributed by atoms with Crippen LogP contribution in [0.25, 0.3) is 0 Å². The second kappa shape index (κ2) is 12.0. The molecule has 2 aromatic carbocycles. The molecule has 2 aromatic rings. The smallest absolute Gasteiger partial charge is 0.303 e. The van der Waals surface area contributed by atoms with Crippen LogP contribution in [0.4, 0.5) is 11.4 Å². The van der Waals surface area contributed by atoms with Crippen molar-refractivity contribution in [1.82, 2.24) is 0 Å². The average Bonchev–Trinajstić information content (AvgIpc) is 2.81. The first kappa shape index (κ1) is 25.0. The van der Waals surface area contributed by atoms with E-state index in [9.17, 15) is 19.2 Å². The Balaban J connectivity index is 1.70. The van der Waals surface area contributed by atoms with Crippen LogP contribution in [0.2, 0.25) is 0 Å². The molecule has 0 spiro atoms. The fraction of sp³-hybridized carbons (Fsp3) is 0.385. The van der Waals surface area contributed by atoms with Crippen molar-refractivity contribution in [2.45, 2.75) is 51.4 Å². The molecule has 3 rings (SSSR count). The quantitative estimate of drug-likeness (QED) is 0.254. The third-order valence-electron chi connectivity index (χ3n) is 5.84. The number of fused-ring (bicyclic) bond motifs is 2. The number of nitrogens with one attached hydrogen (secondary N) is 2. The zero-order chi connectivity index (χ0) is 24.5. The Kier molecular flexibility index (Phi) is 8.79. The van der Waals surface area contributed by atoms with Crippen molar-refractivity contribution in [2.24, 2.45) is 0 Å².